The average Bonchev–Trinajstić information content (AvgIpc) is 2.38. The summed E-state index contributed by atoms with van der Waals surface area (Å²) in [7, 11) is 0. The first-order valence-electron chi connectivity index (χ1n) is 7.28. The van der Waals surface area contributed by atoms with Crippen molar-refractivity contribution in [2.75, 3.05) is 6.54 Å². The second-order valence-corrected chi connectivity index (χ2v) is 8.71. The molecule has 3 N–H and O–H groups in total. The lowest BCUT2D eigenvalue weighted by Crippen LogP contribution is -2.49. The fourth-order valence-electron chi connectivity index (χ4n) is 1.73. The highest BCUT2D eigenvalue weighted by molar-refractivity contribution is 9.11. The molecule has 0 unspecified atom stereocenters. The number of hydrogen-bond acceptors (Lipinski definition) is 4. The normalized spacial score (nSPS) is 12.1. The number of aromatic hydroxyl groups is 1. The van der Waals surface area contributed by atoms with E-state index < -0.39 is 11.7 Å². The third-order valence-electron chi connectivity index (χ3n) is 2.92. The lowest BCUT2D eigenvalue weighted by Gasteiger charge is -2.28. The molecule has 1 amide bonds. The molecule has 5 nitrogen and oxygen atoms in total. The van der Waals surface area contributed by atoms with Gasteiger partial charge in [0.25, 0.3) is 0 Å². The van der Waals surface area contributed by atoms with E-state index >= 15 is 0 Å². The maximum Gasteiger partial charge on any atom is 0.407 e. The monoisotopic (exact) mass is 450 g/mol. The van der Waals surface area contributed by atoms with Crippen LogP contribution in [0.3, 0.4) is 0 Å². The number of rotatable bonds is 5. The Morgan fingerprint density at radius 2 is 1.70 bits per heavy atom. The third-order valence-corrected chi connectivity index (χ3v) is 4.13. The van der Waals surface area contributed by atoms with Crippen LogP contribution in [0.2, 0.25) is 0 Å². The highest BCUT2D eigenvalue weighted by atomic mass is 79.9. The Bertz CT molecular complexity index is 546. The molecule has 0 saturated heterocycles. The Balaban J connectivity index is 2.54. The molecule has 130 valence electrons. The van der Waals surface area contributed by atoms with Crippen LogP contribution < -0.4 is 10.6 Å². The van der Waals surface area contributed by atoms with Gasteiger partial charge < -0.3 is 20.5 Å². The Hall–Kier alpha value is -0.790. The number of phenolic OH excluding ortho intramolecular Hbond substituents is 1. The summed E-state index contributed by atoms with van der Waals surface area (Å²) in [6, 6.07) is 3.70. The fourth-order valence-corrected chi connectivity index (χ4v) is 3.01. The molecule has 1 aromatic carbocycles. The van der Waals surface area contributed by atoms with Crippen LogP contribution in [0.25, 0.3) is 0 Å². The Morgan fingerprint density at radius 1 is 1.17 bits per heavy atom. The predicted octanol–water partition coefficient (Wildman–Crippen LogP) is 4.31. The van der Waals surface area contributed by atoms with Crippen LogP contribution in [-0.2, 0) is 11.3 Å². The summed E-state index contributed by atoms with van der Waals surface area (Å²) in [4.78, 5) is 11.7. The molecule has 1 rings (SSSR count). The molecule has 23 heavy (non-hydrogen) atoms. The SMILES string of the molecule is CC(C)(CNC(=O)OC(C)(C)C)NCc1cc(Br)c(O)c(Br)c1. The first-order valence-corrected chi connectivity index (χ1v) is 8.87. The van der Waals surface area contributed by atoms with Crippen molar-refractivity contribution in [3.63, 3.8) is 0 Å². The number of alkyl carbamates (subject to hydrolysis) is 1. The molecule has 0 saturated carbocycles. The molecule has 7 heteroatoms. The van der Waals surface area contributed by atoms with E-state index in [0.717, 1.165) is 5.56 Å². The predicted molar refractivity (Wildman–Crippen MR) is 98.7 cm³/mol. The van der Waals surface area contributed by atoms with Crippen molar-refractivity contribution in [2.24, 2.45) is 0 Å². The van der Waals surface area contributed by atoms with Gasteiger partial charge >= 0.3 is 6.09 Å². The van der Waals surface area contributed by atoms with Crippen LogP contribution in [0.4, 0.5) is 4.79 Å². The lowest BCUT2D eigenvalue weighted by atomic mass is 10.1. The standard InChI is InChI=1S/C16H24Br2N2O3/c1-15(2,3)23-14(22)19-9-16(4,5)20-8-10-6-11(17)13(21)12(18)7-10/h6-7,20-21H,8-9H2,1-5H3,(H,19,22). The van der Waals surface area contributed by atoms with Crippen molar-refractivity contribution >= 4 is 38.0 Å². The van der Waals surface area contributed by atoms with Crippen LogP contribution in [0.15, 0.2) is 21.1 Å². The lowest BCUT2D eigenvalue weighted by molar-refractivity contribution is 0.0513. The number of ether oxygens (including phenoxy) is 1. The molecule has 0 fully saturated rings. The molecule has 0 aliphatic rings. The Kier molecular flexibility index (Phi) is 6.92. The molecule has 0 heterocycles. The fraction of sp³-hybridized carbons (Fsp3) is 0.562. The zero-order chi connectivity index (χ0) is 17.8. The summed E-state index contributed by atoms with van der Waals surface area (Å²) in [6.45, 7) is 10.5. The second-order valence-electron chi connectivity index (χ2n) is 7.00. The summed E-state index contributed by atoms with van der Waals surface area (Å²) in [5, 5.41) is 15.9. The number of nitrogens with one attached hydrogen (secondary N) is 2. The number of carbonyl (C=O) groups is 1. The van der Waals surface area contributed by atoms with Gasteiger partial charge in [-0.25, -0.2) is 4.79 Å². The van der Waals surface area contributed by atoms with Crippen LogP contribution in [0.1, 0.15) is 40.2 Å². The van der Waals surface area contributed by atoms with Crippen molar-refractivity contribution in [1.82, 2.24) is 10.6 Å². The molecular formula is C16H24Br2N2O3. The first-order chi connectivity index (χ1) is 10.4. The van der Waals surface area contributed by atoms with E-state index in [1.54, 1.807) is 0 Å². The van der Waals surface area contributed by atoms with E-state index in [-0.39, 0.29) is 11.3 Å². The van der Waals surface area contributed by atoms with E-state index in [2.05, 4.69) is 42.5 Å². The number of benzene rings is 1. The Morgan fingerprint density at radius 3 is 2.17 bits per heavy atom. The molecule has 0 aliphatic heterocycles. The minimum absolute atomic E-state index is 0.180. The number of amides is 1. The smallest absolute Gasteiger partial charge is 0.407 e. The van der Waals surface area contributed by atoms with Crippen LogP contribution in [-0.4, -0.2) is 28.9 Å². The van der Waals surface area contributed by atoms with Gasteiger partial charge in [0.05, 0.1) is 8.95 Å². The zero-order valence-corrected chi connectivity index (χ0v) is 17.3. The van der Waals surface area contributed by atoms with Crippen molar-refractivity contribution in [2.45, 2.75) is 52.3 Å². The van der Waals surface area contributed by atoms with Gasteiger partial charge in [-0.3, -0.25) is 0 Å². The van der Waals surface area contributed by atoms with Crippen LogP contribution in [0, 0.1) is 0 Å². The topological polar surface area (TPSA) is 70.6 Å². The third kappa shape index (κ3) is 7.54. The van der Waals surface area contributed by atoms with E-state index in [1.165, 1.54) is 0 Å². The van der Waals surface area contributed by atoms with Crippen molar-refractivity contribution in [3.05, 3.63) is 26.6 Å². The van der Waals surface area contributed by atoms with Gasteiger partial charge in [0, 0.05) is 18.6 Å². The zero-order valence-electron chi connectivity index (χ0n) is 14.1. The van der Waals surface area contributed by atoms with E-state index in [1.807, 2.05) is 46.8 Å². The maximum absolute atomic E-state index is 11.7. The summed E-state index contributed by atoms with van der Waals surface area (Å²) in [5.74, 6) is 0.180. The molecule has 1 aromatic rings. The number of hydrogen-bond donors (Lipinski definition) is 3. The highest BCUT2D eigenvalue weighted by Crippen LogP contribution is 2.33. The summed E-state index contributed by atoms with van der Waals surface area (Å²) in [5.41, 5.74) is 0.187. The second kappa shape index (κ2) is 7.85. The summed E-state index contributed by atoms with van der Waals surface area (Å²) in [6.07, 6.45) is -0.428. The highest BCUT2D eigenvalue weighted by Gasteiger charge is 2.21. The molecule has 0 bridgehead atoms. The average molecular weight is 452 g/mol. The van der Waals surface area contributed by atoms with Gasteiger partial charge in [-0.15, -0.1) is 0 Å². The van der Waals surface area contributed by atoms with E-state index in [0.29, 0.717) is 22.0 Å². The van der Waals surface area contributed by atoms with E-state index in [4.69, 9.17) is 4.74 Å². The largest absolute Gasteiger partial charge is 0.506 e. The van der Waals surface area contributed by atoms with Gasteiger partial charge in [0.2, 0.25) is 0 Å². The van der Waals surface area contributed by atoms with Crippen molar-refractivity contribution < 1.29 is 14.6 Å². The van der Waals surface area contributed by atoms with Crippen molar-refractivity contribution in [3.8, 4) is 5.75 Å². The van der Waals surface area contributed by atoms with Gasteiger partial charge in [-0.1, -0.05) is 0 Å². The van der Waals surface area contributed by atoms with Gasteiger partial charge in [0.15, 0.2) is 0 Å². The van der Waals surface area contributed by atoms with E-state index in [9.17, 15) is 9.90 Å². The Labute approximate surface area is 154 Å². The van der Waals surface area contributed by atoms with Gasteiger partial charge in [-0.2, -0.15) is 0 Å². The molecule has 0 radical (unpaired) electrons. The number of phenols is 1. The molecule has 0 aromatic heterocycles. The number of halogens is 2. The van der Waals surface area contributed by atoms with Gasteiger partial charge in [-0.05, 0) is 84.2 Å². The maximum atomic E-state index is 11.7. The first kappa shape index (κ1) is 20.3. The van der Waals surface area contributed by atoms with Gasteiger partial charge in [0.1, 0.15) is 11.4 Å². The molecule has 0 atom stereocenters. The quantitative estimate of drug-likeness (QED) is 0.623. The summed E-state index contributed by atoms with van der Waals surface area (Å²) >= 11 is 6.63. The molecule has 0 spiro atoms. The van der Waals surface area contributed by atoms with Crippen LogP contribution in [0.5, 0.6) is 5.75 Å². The molecule has 0 aliphatic carbocycles. The van der Waals surface area contributed by atoms with Crippen molar-refractivity contribution in [1.29, 1.82) is 0 Å². The minimum Gasteiger partial charge on any atom is -0.506 e. The number of carbonyl (C=O) groups excluding carboxylic acids is 1. The molecular weight excluding hydrogens is 428 g/mol. The minimum atomic E-state index is -0.508. The van der Waals surface area contributed by atoms with Crippen LogP contribution >= 0.6 is 31.9 Å². The summed E-state index contributed by atoms with van der Waals surface area (Å²) < 4.78 is 6.49.